The minimum absolute atomic E-state index is 0.0287. The molecule has 1 N–H and O–H groups in total. The fourth-order valence-electron chi connectivity index (χ4n) is 4.52. The molecule has 0 saturated carbocycles. The number of aliphatic hydroxyl groups is 1. The van der Waals surface area contributed by atoms with Crippen molar-refractivity contribution in [2.24, 2.45) is 0 Å². The van der Waals surface area contributed by atoms with Crippen LogP contribution in [-0.2, 0) is 0 Å². The summed E-state index contributed by atoms with van der Waals surface area (Å²) in [5, 5.41) is 10.6. The number of hydrogen-bond donors (Lipinski definition) is 1. The van der Waals surface area contributed by atoms with Crippen LogP contribution in [0.3, 0.4) is 0 Å². The van der Waals surface area contributed by atoms with Gasteiger partial charge >= 0.3 is 189 Å². The van der Waals surface area contributed by atoms with E-state index in [1.165, 1.54) is 55.4 Å². The van der Waals surface area contributed by atoms with Gasteiger partial charge in [-0.2, -0.15) is 0 Å². The Balaban J connectivity index is 3.53. The number of benzene rings is 1. The Morgan fingerprint density at radius 3 is 1.60 bits per heavy atom. The van der Waals surface area contributed by atoms with Crippen LogP contribution in [0.5, 0.6) is 17.2 Å². The van der Waals surface area contributed by atoms with Crippen molar-refractivity contribution < 1.29 is 19.3 Å². The van der Waals surface area contributed by atoms with Gasteiger partial charge in [0.25, 0.3) is 0 Å². The second-order valence-corrected chi connectivity index (χ2v) is 21.7. The average molecular weight is 527 g/mol. The first-order chi connectivity index (χ1) is 14.5. The van der Waals surface area contributed by atoms with Crippen LogP contribution in [0.1, 0.15) is 70.8 Å². The number of methoxy groups -OCH3 is 3. The third-order valence-corrected chi connectivity index (χ3v) is 22.5. The third-order valence-electron chi connectivity index (χ3n) is 6.41. The third kappa shape index (κ3) is 6.81. The van der Waals surface area contributed by atoms with E-state index in [1.807, 2.05) is 12.1 Å². The fraction of sp³-hybridized carbons (Fsp3) is 0.680. The van der Waals surface area contributed by atoms with Crippen LogP contribution < -0.4 is 14.2 Å². The standard InChI is InChI=1S/C13H17O4.3C4H9.Sn/c1-5-9(8-14)13-11(16-3)6-10(15-2)7-12(13)17-4;3*1-3-4-2;/h6-7,9,14H,1,8H2,2-4H3;3*1,3-4H2,2H3;. The Morgan fingerprint density at radius 2 is 1.30 bits per heavy atom. The molecule has 0 aliphatic carbocycles. The van der Waals surface area contributed by atoms with Crippen LogP contribution in [0.15, 0.2) is 22.3 Å². The van der Waals surface area contributed by atoms with E-state index in [4.69, 9.17) is 20.8 Å². The van der Waals surface area contributed by atoms with E-state index in [9.17, 15) is 5.11 Å². The minimum atomic E-state index is -2.76. The number of ether oxygens (including phenoxy) is 3. The number of unbranched alkanes of at least 4 members (excludes halogenated alkanes) is 3. The monoisotopic (exact) mass is 528 g/mol. The van der Waals surface area contributed by atoms with E-state index in [0.29, 0.717) is 17.2 Å². The summed E-state index contributed by atoms with van der Waals surface area (Å²) in [6.07, 6.45) is 7.42. The van der Waals surface area contributed by atoms with Crippen LogP contribution >= 0.6 is 0 Å². The van der Waals surface area contributed by atoms with Gasteiger partial charge in [-0.15, -0.1) is 0 Å². The Labute approximate surface area is 188 Å². The maximum absolute atomic E-state index is 10.6. The number of rotatable bonds is 16. The fourth-order valence-corrected chi connectivity index (χ4v) is 21.0. The zero-order valence-corrected chi connectivity index (χ0v) is 23.0. The van der Waals surface area contributed by atoms with Gasteiger partial charge in [0, 0.05) is 0 Å². The molecule has 4 nitrogen and oxygen atoms in total. The first kappa shape index (κ1) is 27.2. The van der Waals surface area contributed by atoms with Crippen LogP contribution in [0.4, 0.5) is 0 Å². The topological polar surface area (TPSA) is 47.9 Å². The zero-order valence-electron chi connectivity index (χ0n) is 20.2. The summed E-state index contributed by atoms with van der Waals surface area (Å²) >= 11 is -2.76. The van der Waals surface area contributed by atoms with E-state index in [-0.39, 0.29) is 12.5 Å². The first-order valence-corrected chi connectivity index (χ1v) is 19.1. The van der Waals surface area contributed by atoms with Gasteiger partial charge in [-0.3, -0.25) is 0 Å². The summed E-state index contributed by atoms with van der Waals surface area (Å²) in [7, 11) is 4.96. The summed E-state index contributed by atoms with van der Waals surface area (Å²) < 4.78 is 22.2. The molecule has 1 aromatic carbocycles. The average Bonchev–Trinajstić information content (AvgIpc) is 2.78. The van der Waals surface area contributed by atoms with E-state index in [2.05, 4.69) is 20.8 Å². The van der Waals surface area contributed by atoms with Crippen molar-refractivity contribution in [3.05, 3.63) is 27.9 Å². The Hall–Kier alpha value is -0.881. The summed E-state index contributed by atoms with van der Waals surface area (Å²) in [5.41, 5.74) is 0.916. The normalized spacial score (nSPS) is 12.5. The molecule has 0 aromatic heterocycles. The van der Waals surface area contributed by atoms with Crippen molar-refractivity contribution in [1.29, 1.82) is 0 Å². The van der Waals surface area contributed by atoms with Gasteiger partial charge in [0.1, 0.15) is 0 Å². The molecule has 1 rings (SSSR count). The zero-order chi connectivity index (χ0) is 22.6. The molecule has 0 aliphatic heterocycles. The van der Waals surface area contributed by atoms with E-state index >= 15 is 0 Å². The molecule has 0 amide bonds. The van der Waals surface area contributed by atoms with Crippen molar-refractivity contribution in [3.63, 3.8) is 0 Å². The summed E-state index contributed by atoms with van der Waals surface area (Å²) in [6.45, 7) is 11.6. The molecular formula is C25H44O4Sn. The first-order valence-electron chi connectivity index (χ1n) is 11.6. The Bertz CT molecular complexity index is 597. The Kier molecular flexibility index (Phi) is 12.9. The van der Waals surface area contributed by atoms with Crippen LogP contribution in [0.2, 0.25) is 13.3 Å². The molecule has 0 bridgehead atoms. The van der Waals surface area contributed by atoms with Gasteiger partial charge < -0.3 is 0 Å². The van der Waals surface area contributed by atoms with Gasteiger partial charge in [-0.1, -0.05) is 0 Å². The molecule has 30 heavy (non-hydrogen) atoms. The summed E-state index contributed by atoms with van der Waals surface area (Å²) in [4.78, 5) is 0. The SMILES string of the molecule is C=[C](C(CO)c1c(OC)cc(OC)cc1OC)[Sn]([CH2]CCC)([CH2]CCC)[CH2]CCC. The molecule has 1 unspecified atom stereocenters. The van der Waals surface area contributed by atoms with E-state index in [1.54, 1.807) is 21.3 Å². The molecule has 0 saturated heterocycles. The van der Waals surface area contributed by atoms with Crippen molar-refractivity contribution in [2.45, 2.75) is 78.5 Å². The maximum atomic E-state index is 10.6. The van der Waals surface area contributed by atoms with Gasteiger partial charge in [0.2, 0.25) is 0 Å². The molecular weight excluding hydrogens is 483 g/mol. The molecule has 1 atom stereocenters. The molecule has 0 spiro atoms. The quantitative estimate of drug-likeness (QED) is 0.242. The van der Waals surface area contributed by atoms with E-state index < -0.39 is 18.4 Å². The van der Waals surface area contributed by atoms with Gasteiger partial charge in [0.05, 0.1) is 0 Å². The molecule has 0 heterocycles. The summed E-state index contributed by atoms with van der Waals surface area (Å²) in [5.74, 6) is 1.94. The van der Waals surface area contributed by atoms with Gasteiger partial charge in [-0.05, 0) is 0 Å². The van der Waals surface area contributed by atoms with Crippen molar-refractivity contribution in [3.8, 4) is 17.2 Å². The van der Waals surface area contributed by atoms with Crippen molar-refractivity contribution in [1.82, 2.24) is 0 Å². The number of aliphatic hydroxyl groups excluding tert-OH is 1. The molecule has 5 heteroatoms. The predicted molar refractivity (Wildman–Crippen MR) is 130 cm³/mol. The molecule has 0 radical (unpaired) electrons. The second-order valence-electron chi connectivity index (χ2n) is 8.30. The predicted octanol–water partition coefficient (Wildman–Crippen LogP) is 6.73. The van der Waals surface area contributed by atoms with Crippen LogP contribution in [0.25, 0.3) is 0 Å². The molecule has 172 valence electrons. The van der Waals surface area contributed by atoms with Crippen LogP contribution in [-0.4, -0.2) is 51.4 Å². The van der Waals surface area contributed by atoms with Gasteiger partial charge in [0.15, 0.2) is 0 Å². The second kappa shape index (κ2) is 14.2. The van der Waals surface area contributed by atoms with Crippen molar-refractivity contribution >= 4 is 18.4 Å². The van der Waals surface area contributed by atoms with Crippen molar-refractivity contribution in [2.75, 3.05) is 27.9 Å². The van der Waals surface area contributed by atoms with Crippen LogP contribution in [0, 0.1) is 0 Å². The van der Waals surface area contributed by atoms with E-state index in [0.717, 1.165) is 5.56 Å². The number of hydrogen-bond acceptors (Lipinski definition) is 4. The summed E-state index contributed by atoms with van der Waals surface area (Å²) in [6, 6.07) is 3.77. The molecule has 1 aromatic rings. The Morgan fingerprint density at radius 1 is 0.867 bits per heavy atom. The molecule has 0 fully saturated rings. The van der Waals surface area contributed by atoms with Gasteiger partial charge in [-0.25, -0.2) is 0 Å². The molecule has 0 aliphatic rings.